The molecular weight excluding hydrogens is 337 g/mol. The fourth-order valence-corrected chi connectivity index (χ4v) is 3.65. The summed E-state index contributed by atoms with van der Waals surface area (Å²) in [5.74, 6) is -0.251. The minimum Gasteiger partial charge on any atom is -0.339 e. The standard InChI is InChI=1S/C16H19Cl2N3O2/c17-10-3-4-13(18)12(8-10)15(22)21-6-1-2-14(21)16(23)20-7-5-11(19)9-20/h3-4,8,11,14H,1-2,5-7,9,19H2/t11-,14?/m1/s1. The molecule has 23 heavy (non-hydrogen) atoms. The van der Waals surface area contributed by atoms with Crippen LogP contribution in [0.3, 0.4) is 0 Å². The first-order valence-corrected chi connectivity index (χ1v) is 8.53. The maximum absolute atomic E-state index is 12.8. The number of nitrogens with two attached hydrogens (primary N) is 1. The molecule has 0 radical (unpaired) electrons. The van der Waals surface area contributed by atoms with Gasteiger partial charge in [-0.2, -0.15) is 0 Å². The molecule has 5 nitrogen and oxygen atoms in total. The second kappa shape index (κ2) is 6.67. The van der Waals surface area contributed by atoms with Crippen LogP contribution in [0.5, 0.6) is 0 Å². The number of hydrogen-bond donors (Lipinski definition) is 1. The summed E-state index contributed by atoms with van der Waals surface area (Å²) in [4.78, 5) is 28.9. The number of carbonyl (C=O) groups is 2. The molecule has 2 heterocycles. The van der Waals surface area contributed by atoms with Gasteiger partial charge in [0.2, 0.25) is 5.91 Å². The highest BCUT2D eigenvalue weighted by Gasteiger charge is 2.38. The summed E-state index contributed by atoms with van der Waals surface area (Å²) in [5, 5.41) is 0.797. The number of hydrogen-bond acceptors (Lipinski definition) is 3. The Morgan fingerprint density at radius 1 is 1.17 bits per heavy atom. The van der Waals surface area contributed by atoms with Crippen LogP contribution in [0.1, 0.15) is 29.6 Å². The van der Waals surface area contributed by atoms with Crippen LogP contribution in [0.2, 0.25) is 10.0 Å². The molecule has 1 unspecified atom stereocenters. The molecule has 2 saturated heterocycles. The topological polar surface area (TPSA) is 66.6 Å². The van der Waals surface area contributed by atoms with Gasteiger partial charge < -0.3 is 15.5 Å². The number of amides is 2. The Labute approximate surface area is 145 Å². The Balaban J connectivity index is 1.79. The number of rotatable bonds is 2. The summed E-state index contributed by atoms with van der Waals surface area (Å²) < 4.78 is 0. The largest absolute Gasteiger partial charge is 0.339 e. The fourth-order valence-electron chi connectivity index (χ4n) is 3.28. The molecule has 2 N–H and O–H groups in total. The first-order chi connectivity index (χ1) is 11.0. The number of carbonyl (C=O) groups excluding carboxylic acids is 2. The van der Waals surface area contributed by atoms with E-state index in [1.165, 1.54) is 0 Å². The Bertz CT molecular complexity index is 638. The van der Waals surface area contributed by atoms with Gasteiger partial charge in [0.1, 0.15) is 6.04 Å². The number of benzene rings is 1. The maximum Gasteiger partial charge on any atom is 0.256 e. The van der Waals surface area contributed by atoms with Gasteiger partial charge in [0.05, 0.1) is 10.6 Å². The van der Waals surface area contributed by atoms with Crippen LogP contribution in [-0.2, 0) is 4.79 Å². The second-order valence-corrected chi connectivity index (χ2v) is 6.96. The zero-order valence-corrected chi connectivity index (χ0v) is 14.2. The first kappa shape index (κ1) is 16.6. The Morgan fingerprint density at radius 3 is 2.65 bits per heavy atom. The highest BCUT2D eigenvalue weighted by Crippen LogP contribution is 2.27. The summed E-state index contributed by atoms with van der Waals surface area (Å²) in [7, 11) is 0. The maximum atomic E-state index is 12.8. The highest BCUT2D eigenvalue weighted by atomic mass is 35.5. The predicted molar refractivity (Wildman–Crippen MR) is 89.7 cm³/mol. The van der Waals surface area contributed by atoms with E-state index in [1.54, 1.807) is 28.0 Å². The van der Waals surface area contributed by atoms with Gasteiger partial charge in [-0.05, 0) is 37.5 Å². The fraction of sp³-hybridized carbons (Fsp3) is 0.500. The van der Waals surface area contributed by atoms with Crippen molar-refractivity contribution in [2.45, 2.75) is 31.3 Å². The zero-order valence-electron chi connectivity index (χ0n) is 12.7. The van der Waals surface area contributed by atoms with Gasteiger partial charge in [0, 0.05) is 30.7 Å². The zero-order chi connectivity index (χ0) is 16.6. The summed E-state index contributed by atoms with van der Waals surface area (Å²) >= 11 is 12.1. The van der Waals surface area contributed by atoms with Crippen molar-refractivity contribution in [3.05, 3.63) is 33.8 Å². The molecule has 124 valence electrons. The third-order valence-electron chi connectivity index (χ3n) is 4.49. The Morgan fingerprint density at radius 2 is 1.96 bits per heavy atom. The lowest BCUT2D eigenvalue weighted by molar-refractivity contribution is -0.134. The average molecular weight is 356 g/mol. The van der Waals surface area contributed by atoms with E-state index < -0.39 is 6.04 Å². The van der Waals surface area contributed by atoms with Crippen molar-refractivity contribution in [1.82, 2.24) is 9.80 Å². The summed E-state index contributed by atoms with van der Waals surface area (Å²) in [6, 6.07) is 4.40. The lowest BCUT2D eigenvalue weighted by Gasteiger charge is -2.28. The van der Waals surface area contributed by atoms with Crippen LogP contribution in [-0.4, -0.2) is 53.3 Å². The van der Waals surface area contributed by atoms with Gasteiger partial charge in [0.25, 0.3) is 5.91 Å². The van der Waals surface area contributed by atoms with Crippen LogP contribution in [0.25, 0.3) is 0 Å². The number of likely N-dealkylation sites (tertiary alicyclic amines) is 2. The lowest BCUT2D eigenvalue weighted by atomic mass is 10.1. The number of nitrogens with zero attached hydrogens (tertiary/aromatic N) is 2. The molecule has 0 aromatic heterocycles. The predicted octanol–water partition coefficient (Wildman–Crippen LogP) is 2.16. The SMILES string of the molecule is N[C@@H]1CCN(C(=O)C2CCCN2C(=O)c2cc(Cl)ccc2Cl)C1. The normalized spacial score (nSPS) is 24.3. The summed E-state index contributed by atoms with van der Waals surface area (Å²) in [5.41, 5.74) is 6.22. The van der Waals surface area contributed by atoms with E-state index in [4.69, 9.17) is 28.9 Å². The minimum atomic E-state index is -0.428. The molecule has 2 aliphatic rings. The van der Waals surface area contributed by atoms with Crippen molar-refractivity contribution >= 4 is 35.0 Å². The van der Waals surface area contributed by atoms with Crippen LogP contribution in [0.4, 0.5) is 0 Å². The molecule has 1 aromatic rings. The van der Waals surface area contributed by atoms with Crippen molar-refractivity contribution in [3.63, 3.8) is 0 Å². The van der Waals surface area contributed by atoms with Crippen LogP contribution >= 0.6 is 23.2 Å². The van der Waals surface area contributed by atoms with E-state index in [9.17, 15) is 9.59 Å². The third-order valence-corrected chi connectivity index (χ3v) is 5.06. The van der Waals surface area contributed by atoms with Gasteiger partial charge in [-0.1, -0.05) is 23.2 Å². The van der Waals surface area contributed by atoms with Gasteiger partial charge >= 0.3 is 0 Å². The smallest absolute Gasteiger partial charge is 0.256 e. The molecule has 2 aliphatic heterocycles. The molecule has 2 amide bonds. The molecule has 2 fully saturated rings. The molecule has 0 aliphatic carbocycles. The van der Waals surface area contributed by atoms with E-state index in [0.29, 0.717) is 41.7 Å². The molecule has 0 saturated carbocycles. The van der Waals surface area contributed by atoms with E-state index in [2.05, 4.69) is 0 Å². The van der Waals surface area contributed by atoms with Crippen molar-refractivity contribution in [2.24, 2.45) is 5.73 Å². The van der Waals surface area contributed by atoms with Crippen molar-refractivity contribution in [1.29, 1.82) is 0 Å². The van der Waals surface area contributed by atoms with Gasteiger partial charge in [0.15, 0.2) is 0 Å². The molecule has 2 atom stereocenters. The Hall–Kier alpha value is -1.30. The van der Waals surface area contributed by atoms with E-state index >= 15 is 0 Å². The van der Waals surface area contributed by atoms with Gasteiger partial charge in [-0.3, -0.25) is 9.59 Å². The van der Waals surface area contributed by atoms with Crippen LogP contribution in [0.15, 0.2) is 18.2 Å². The lowest BCUT2D eigenvalue weighted by Crippen LogP contribution is -2.47. The van der Waals surface area contributed by atoms with Crippen molar-refractivity contribution < 1.29 is 9.59 Å². The van der Waals surface area contributed by atoms with Gasteiger partial charge in [-0.25, -0.2) is 0 Å². The third kappa shape index (κ3) is 3.32. The quantitative estimate of drug-likeness (QED) is 0.883. The van der Waals surface area contributed by atoms with E-state index in [1.807, 2.05) is 0 Å². The van der Waals surface area contributed by atoms with Gasteiger partial charge in [-0.15, -0.1) is 0 Å². The van der Waals surface area contributed by atoms with E-state index in [0.717, 1.165) is 12.8 Å². The van der Waals surface area contributed by atoms with Crippen molar-refractivity contribution in [2.75, 3.05) is 19.6 Å². The monoisotopic (exact) mass is 355 g/mol. The summed E-state index contributed by atoms with van der Waals surface area (Å²) in [6.45, 7) is 1.78. The first-order valence-electron chi connectivity index (χ1n) is 7.78. The van der Waals surface area contributed by atoms with E-state index in [-0.39, 0.29) is 17.9 Å². The Kier molecular flexibility index (Phi) is 4.80. The average Bonchev–Trinajstić information content (AvgIpc) is 3.17. The minimum absolute atomic E-state index is 0.0121. The van der Waals surface area contributed by atoms with Crippen molar-refractivity contribution in [3.8, 4) is 0 Å². The van der Waals surface area contributed by atoms with Crippen LogP contribution < -0.4 is 5.73 Å². The molecule has 1 aromatic carbocycles. The highest BCUT2D eigenvalue weighted by molar-refractivity contribution is 6.35. The molecule has 0 spiro atoms. The molecule has 3 rings (SSSR count). The molecular formula is C16H19Cl2N3O2. The van der Waals surface area contributed by atoms with Crippen LogP contribution in [0, 0.1) is 0 Å². The number of halogens is 2. The molecule has 7 heteroatoms. The molecule has 0 bridgehead atoms. The second-order valence-electron chi connectivity index (χ2n) is 6.11. The summed E-state index contributed by atoms with van der Waals surface area (Å²) in [6.07, 6.45) is 2.29.